The number of nitrogens with one attached hydrogen (secondary N) is 1. The fourth-order valence-corrected chi connectivity index (χ4v) is 2.46. The van der Waals surface area contributed by atoms with Gasteiger partial charge < -0.3 is 11.1 Å². The molecule has 6 heteroatoms. The molecule has 0 radical (unpaired) electrons. The Kier molecular flexibility index (Phi) is 7.53. The molecule has 0 aliphatic heterocycles. The number of nitrogens with zero attached hydrogens (tertiary/aromatic N) is 2. The van der Waals surface area contributed by atoms with Gasteiger partial charge in [0, 0.05) is 29.7 Å². The van der Waals surface area contributed by atoms with Crippen molar-refractivity contribution >= 4 is 47.0 Å². The van der Waals surface area contributed by atoms with Gasteiger partial charge in [0.15, 0.2) is 5.96 Å². The van der Waals surface area contributed by atoms with Crippen LogP contribution in [0.25, 0.3) is 0 Å². The van der Waals surface area contributed by atoms with Crippen LogP contribution in [0.4, 0.5) is 5.69 Å². The first kappa shape index (κ1) is 16.9. The molecular formula is C14H19IN4S. The topological polar surface area (TPSA) is 63.3 Å². The maximum Gasteiger partial charge on any atom is 0.193 e. The highest BCUT2D eigenvalue weighted by Gasteiger charge is 2.00. The van der Waals surface area contributed by atoms with E-state index in [0.29, 0.717) is 12.5 Å². The molecule has 4 nitrogen and oxygen atoms in total. The molecule has 0 unspecified atom stereocenters. The zero-order valence-corrected chi connectivity index (χ0v) is 14.5. The van der Waals surface area contributed by atoms with Crippen molar-refractivity contribution in [2.45, 2.75) is 19.8 Å². The number of thiazole rings is 1. The lowest BCUT2D eigenvalue weighted by Gasteiger charge is -2.04. The van der Waals surface area contributed by atoms with Gasteiger partial charge in [0.1, 0.15) is 0 Å². The molecule has 1 heterocycles. The number of rotatable bonds is 5. The van der Waals surface area contributed by atoms with Gasteiger partial charge in [-0.3, -0.25) is 4.99 Å². The Labute approximate surface area is 140 Å². The van der Waals surface area contributed by atoms with Crippen LogP contribution >= 0.6 is 35.3 Å². The van der Waals surface area contributed by atoms with Crippen LogP contribution in [0.3, 0.4) is 0 Å². The second-order valence-corrected chi connectivity index (χ2v) is 5.28. The molecule has 20 heavy (non-hydrogen) atoms. The van der Waals surface area contributed by atoms with Gasteiger partial charge in [-0.1, -0.05) is 25.1 Å². The van der Waals surface area contributed by atoms with Gasteiger partial charge in [-0.15, -0.1) is 35.3 Å². The second-order valence-electron chi connectivity index (χ2n) is 4.08. The van der Waals surface area contributed by atoms with Gasteiger partial charge in [-0.05, 0) is 18.6 Å². The first-order chi connectivity index (χ1) is 9.28. The fraction of sp³-hybridized carbons (Fsp3) is 0.286. The van der Waals surface area contributed by atoms with Gasteiger partial charge in [0.2, 0.25) is 0 Å². The minimum Gasteiger partial charge on any atom is -0.370 e. The summed E-state index contributed by atoms with van der Waals surface area (Å²) in [5, 5.41) is 4.17. The Morgan fingerprint density at radius 1 is 1.35 bits per heavy atom. The molecule has 108 valence electrons. The fourth-order valence-electron chi connectivity index (χ4n) is 1.61. The van der Waals surface area contributed by atoms with E-state index < -0.39 is 0 Å². The Hall–Kier alpha value is -1.15. The standard InChI is InChI=1S/C14H18N4S.HI/c1-2-12-10-17-13(19-12)8-9-16-14(15)18-11-6-4-3-5-7-11;/h3-7,10H,2,8-9H2,1H3,(H3,15,16,18);1H. The Morgan fingerprint density at radius 2 is 2.10 bits per heavy atom. The summed E-state index contributed by atoms with van der Waals surface area (Å²) >= 11 is 1.75. The Morgan fingerprint density at radius 3 is 2.75 bits per heavy atom. The first-order valence-corrected chi connectivity index (χ1v) is 7.15. The number of anilines is 1. The average molecular weight is 402 g/mol. The summed E-state index contributed by atoms with van der Waals surface area (Å²) in [5.74, 6) is 0.443. The van der Waals surface area contributed by atoms with E-state index in [9.17, 15) is 0 Å². The molecule has 2 rings (SSSR count). The molecule has 0 aliphatic rings. The van der Waals surface area contributed by atoms with E-state index in [0.717, 1.165) is 23.5 Å². The third-order valence-electron chi connectivity index (χ3n) is 2.60. The number of halogens is 1. The smallest absolute Gasteiger partial charge is 0.193 e. The van der Waals surface area contributed by atoms with E-state index in [2.05, 4.69) is 22.2 Å². The van der Waals surface area contributed by atoms with Gasteiger partial charge in [-0.25, -0.2) is 4.98 Å². The number of aliphatic imine (C=N–C) groups is 1. The largest absolute Gasteiger partial charge is 0.370 e. The highest BCUT2D eigenvalue weighted by Crippen LogP contribution is 2.13. The molecule has 1 aromatic heterocycles. The molecule has 0 saturated heterocycles. The molecule has 0 fully saturated rings. The van der Waals surface area contributed by atoms with E-state index in [-0.39, 0.29) is 24.0 Å². The number of guanidine groups is 1. The number of benzene rings is 1. The third-order valence-corrected chi connectivity index (χ3v) is 3.81. The number of hydrogen-bond acceptors (Lipinski definition) is 3. The van der Waals surface area contributed by atoms with Gasteiger partial charge in [0.25, 0.3) is 0 Å². The van der Waals surface area contributed by atoms with Crippen molar-refractivity contribution in [3.63, 3.8) is 0 Å². The molecular weight excluding hydrogens is 383 g/mol. The molecule has 0 atom stereocenters. The quantitative estimate of drug-likeness (QED) is 0.458. The summed E-state index contributed by atoms with van der Waals surface area (Å²) in [6.07, 6.45) is 3.82. The molecule has 0 amide bonds. The summed E-state index contributed by atoms with van der Waals surface area (Å²) in [6.45, 7) is 2.79. The van der Waals surface area contributed by atoms with E-state index >= 15 is 0 Å². The molecule has 0 aliphatic carbocycles. The van der Waals surface area contributed by atoms with Crippen LogP contribution in [0, 0.1) is 0 Å². The van der Waals surface area contributed by atoms with Gasteiger partial charge in [-0.2, -0.15) is 0 Å². The summed E-state index contributed by atoms with van der Waals surface area (Å²) in [6, 6.07) is 9.79. The number of para-hydroxylation sites is 1. The lowest BCUT2D eigenvalue weighted by Crippen LogP contribution is -2.22. The van der Waals surface area contributed by atoms with Crippen molar-refractivity contribution in [3.05, 3.63) is 46.4 Å². The van der Waals surface area contributed by atoms with Crippen LogP contribution in [0.1, 0.15) is 16.8 Å². The van der Waals surface area contributed by atoms with Crippen LogP contribution < -0.4 is 11.1 Å². The van der Waals surface area contributed by atoms with Crippen molar-refractivity contribution in [2.24, 2.45) is 10.7 Å². The number of nitrogens with two attached hydrogens (primary N) is 1. The second kappa shape index (κ2) is 8.91. The molecule has 0 saturated carbocycles. The minimum atomic E-state index is 0. The normalized spacial score (nSPS) is 10.9. The van der Waals surface area contributed by atoms with Crippen molar-refractivity contribution in [1.29, 1.82) is 0 Å². The number of aryl methyl sites for hydroxylation is 1. The zero-order valence-electron chi connectivity index (χ0n) is 11.4. The van der Waals surface area contributed by atoms with Crippen LogP contribution in [0.15, 0.2) is 41.5 Å². The van der Waals surface area contributed by atoms with Crippen LogP contribution in [-0.2, 0) is 12.8 Å². The van der Waals surface area contributed by atoms with Crippen molar-refractivity contribution in [2.75, 3.05) is 11.9 Å². The summed E-state index contributed by atoms with van der Waals surface area (Å²) < 4.78 is 0. The van der Waals surface area contributed by atoms with E-state index in [1.165, 1.54) is 4.88 Å². The highest BCUT2D eigenvalue weighted by molar-refractivity contribution is 14.0. The van der Waals surface area contributed by atoms with E-state index in [1.54, 1.807) is 11.3 Å². The highest BCUT2D eigenvalue weighted by atomic mass is 127. The lowest BCUT2D eigenvalue weighted by atomic mass is 10.3. The predicted molar refractivity (Wildman–Crippen MR) is 97.2 cm³/mol. The van der Waals surface area contributed by atoms with Crippen molar-refractivity contribution in [3.8, 4) is 0 Å². The predicted octanol–water partition coefficient (Wildman–Crippen LogP) is 3.29. The van der Waals surface area contributed by atoms with E-state index in [4.69, 9.17) is 5.73 Å². The minimum absolute atomic E-state index is 0. The molecule has 0 bridgehead atoms. The van der Waals surface area contributed by atoms with Gasteiger partial charge >= 0.3 is 0 Å². The zero-order chi connectivity index (χ0) is 13.5. The maximum absolute atomic E-state index is 5.82. The number of aromatic nitrogens is 1. The van der Waals surface area contributed by atoms with Crippen molar-refractivity contribution in [1.82, 2.24) is 4.98 Å². The lowest BCUT2D eigenvalue weighted by molar-refractivity contribution is 0.949. The van der Waals surface area contributed by atoms with Crippen molar-refractivity contribution < 1.29 is 0 Å². The van der Waals surface area contributed by atoms with Crippen LogP contribution in [0.5, 0.6) is 0 Å². The summed E-state index contributed by atoms with van der Waals surface area (Å²) in [5.41, 5.74) is 6.77. The Bertz CT molecular complexity index is 539. The monoisotopic (exact) mass is 402 g/mol. The molecule has 1 aromatic carbocycles. The van der Waals surface area contributed by atoms with Crippen LogP contribution in [-0.4, -0.2) is 17.5 Å². The first-order valence-electron chi connectivity index (χ1n) is 6.33. The summed E-state index contributed by atoms with van der Waals surface area (Å²) in [4.78, 5) is 9.97. The Balaban J connectivity index is 0.00000200. The maximum atomic E-state index is 5.82. The molecule has 2 aromatic rings. The van der Waals surface area contributed by atoms with Gasteiger partial charge in [0.05, 0.1) is 5.01 Å². The SMILES string of the molecule is CCc1cnc(CCN=C(N)Nc2ccccc2)s1.I. The summed E-state index contributed by atoms with van der Waals surface area (Å²) in [7, 11) is 0. The molecule has 0 spiro atoms. The molecule has 3 N–H and O–H groups in total. The average Bonchev–Trinajstić information content (AvgIpc) is 2.88. The van der Waals surface area contributed by atoms with E-state index in [1.807, 2.05) is 36.5 Å². The van der Waals surface area contributed by atoms with Crippen LogP contribution in [0.2, 0.25) is 0 Å². The number of hydrogen-bond donors (Lipinski definition) is 2. The third kappa shape index (κ3) is 5.46.